The van der Waals surface area contributed by atoms with E-state index in [1.165, 1.54) is 0 Å². The van der Waals surface area contributed by atoms with E-state index in [4.69, 9.17) is 4.74 Å². The van der Waals surface area contributed by atoms with Crippen LogP contribution in [-0.4, -0.2) is 41.9 Å². The summed E-state index contributed by atoms with van der Waals surface area (Å²) in [5, 5.41) is 1.06. The summed E-state index contributed by atoms with van der Waals surface area (Å²) in [5.74, 6) is 0.976. The molecule has 16 heavy (non-hydrogen) atoms. The first-order valence-electron chi connectivity index (χ1n) is 6.27. The molecule has 0 saturated carbocycles. The quantitative estimate of drug-likeness (QED) is 0.730. The maximum absolute atomic E-state index is 12.1. The van der Waals surface area contributed by atoms with E-state index in [2.05, 4.69) is 15.9 Å². The van der Waals surface area contributed by atoms with Crippen LogP contribution in [0.4, 0.5) is 0 Å². The van der Waals surface area contributed by atoms with E-state index in [-0.39, 0.29) is 12.0 Å². The van der Waals surface area contributed by atoms with Gasteiger partial charge in [0, 0.05) is 25.0 Å². The second kappa shape index (κ2) is 6.01. The van der Waals surface area contributed by atoms with Gasteiger partial charge in [0.2, 0.25) is 0 Å². The molecule has 4 heteroatoms. The van der Waals surface area contributed by atoms with E-state index in [9.17, 15) is 4.79 Å². The zero-order valence-electron chi connectivity index (χ0n) is 9.66. The Morgan fingerprint density at radius 1 is 1.25 bits per heavy atom. The summed E-state index contributed by atoms with van der Waals surface area (Å²) in [5.41, 5.74) is 0. The van der Waals surface area contributed by atoms with E-state index < -0.39 is 0 Å². The van der Waals surface area contributed by atoms with Gasteiger partial charge in [0.05, 0.1) is 0 Å². The molecular formula is C12H20BrNO2. The standard InChI is InChI=1S/C12H20BrNO2/c13-9-10-4-6-14(7-5-10)12(15)11-3-1-2-8-16-11/h10-11H,1-9H2. The third kappa shape index (κ3) is 2.98. The number of nitrogens with zero attached hydrogens (tertiary/aromatic N) is 1. The first-order valence-corrected chi connectivity index (χ1v) is 7.39. The van der Waals surface area contributed by atoms with Crippen molar-refractivity contribution < 1.29 is 9.53 Å². The first kappa shape index (κ1) is 12.4. The van der Waals surface area contributed by atoms with Crippen molar-refractivity contribution in [2.24, 2.45) is 5.92 Å². The van der Waals surface area contributed by atoms with Gasteiger partial charge < -0.3 is 9.64 Å². The highest BCUT2D eigenvalue weighted by atomic mass is 79.9. The molecule has 92 valence electrons. The number of ether oxygens (including phenoxy) is 1. The smallest absolute Gasteiger partial charge is 0.251 e. The first-order chi connectivity index (χ1) is 7.81. The van der Waals surface area contributed by atoms with E-state index in [1.54, 1.807) is 0 Å². The van der Waals surface area contributed by atoms with Crippen molar-refractivity contribution in [1.29, 1.82) is 0 Å². The maximum Gasteiger partial charge on any atom is 0.251 e. The second-order valence-corrected chi connectivity index (χ2v) is 5.43. The predicted molar refractivity (Wildman–Crippen MR) is 66.7 cm³/mol. The van der Waals surface area contributed by atoms with Crippen molar-refractivity contribution in [2.45, 2.75) is 38.2 Å². The Labute approximate surface area is 106 Å². The van der Waals surface area contributed by atoms with Crippen LogP contribution in [0.5, 0.6) is 0 Å². The third-order valence-electron chi connectivity index (χ3n) is 3.60. The van der Waals surface area contributed by atoms with Crippen molar-refractivity contribution in [3.8, 4) is 0 Å². The number of carbonyl (C=O) groups is 1. The monoisotopic (exact) mass is 289 g/mol. The molecule has 0 N–H and O–H groups in total. The average Bonchev–Trinajstić information content (AvgIpc) is 2.39. The lowest BCUT2D eigenvalue weighted by atomic mass is 9.98. The summed E-state index contributed by atoms with van der Waals surface area (Å²) in [4.78, 5) is 14.1. The molecule has 3 nitrogen and oxygen atoms in total. The minimum absolute atomic E-state index is 0.144. The number of amides is 1. The molecule has 2 fully saturated rings. The van der Waals surface area contributed by atoms with Crippen LogP contribution in [0.3, 0.4) is 0 Å². The van der Waals surface area contributed by atoms with Gasteiger partial charge in [-0.3, -0.25) is 4.79 Å². The van der Waals surface area contributed by atoms with Gasteiger partial charge in [-0.1, -0.05) is 15.9 Å². The third-order valence-corrected chi connectivity index (χ3v) is 4.52. The summed E-state index contributed by atoms with van der Waals surface area (Å²) >= 11 is 3.52. The molecule has 2 rings (SSSR count). The van der Waals surface area contributed by atoms with Crippen LogP contribution in [0.25, 0.3) is 0 Å². The SMILES string of the molecule is O=C(C1CCCCO1)N1CCC(CBr)CC1. The number of likely N-dealkylation sites (tertiary alicyclic amines) is 1. The molecule has 1 amide bonds. The molecule has 0 aromatic rings. The molecule has 1 atom stereocenters. The highest BCUT2D eigenvalue weighted by Gasteiger charge is 2.29. The molecule has 0 bridgehead atoms. The fourth-order valence-electron chi connectivity index (χ4n) is 2.45. The fourth-order valence-corrected chi connectivity index (χ4v) is 3.09. The molecule has 0 spiro atoms. The van der Waals surface area contributed by atoms with Crippen LogP contribution < -0.4 is 0 Å². The molecule has 0 aromatic heterocycles. The summed E-state index contributed by atoms with van der Waals surface area (Å²) in [7, 11) is 0. The largest absolute Gasteiger partial charge is 0.368 e. The van der Waals surface area contributed by atoms with E-state index in [0.29, 0.717) is 0 Å². The van der Waals surface area contributed by atoms with Crippen LogP contribution in [0.1, 0.15) is 32.1 Å². The zero-order valence-corrected chi connectivity index (χ0v) is 11.2. The summed E-state index contributed by atoms with van der Waals surface area (Å²) < 4.78 is 5.55. The topological polar surface area (TPSA) is 29.5 Å². The number of hydrogen-bond donors (Lipinski definition) is 0. The van der Waals surface area contributed by atoms with Gasteiger partial charge in [0.25, 0.3) is 5.91 Å². The molecule has 2 heterocycles. The molecule has 2 aliphatic rings. The minimum Gasteiger partial charge on any atom is -0.368 e. The molecule has 0 radical (unpaired) electrons. The second-order valence-electron chi connectivity index (χ2n) is 4.78. The average molecular weight is 290 g/mol. The number of halogens is 1. The number of rotatable bonds is 2. The number of carbonyl (C=O) groups excluding carboxylic acids is 1. The van der Waals surface area contributed by atoms with Crippen LogP contribution >= 0.6 is 15.9 Å². The Morgan fingerprint density at radius 2 is 2.00 bits per heavy atom. The molecule has 1 unspecified atom stereocenters. The number of alkyl halides is 1. The van der Waals surface area contributed by atoms with Crippen molar-refractivity contribution >= 4 is 21.8 Å². The summed E-state index contributed by atoms with van der Waals surface area (Å²) in [6, 6.07) is 0. The highest BCUT2D eigenvalue weighted by molar-refractivity contribution is 9.09. The molecule has 0 aromatic carbocycles. The Kier molecular flexibility index (Phi) is 4.65. The van der Waals surface area contributed by atoms with Crippen LogP contribution in [-0.2, 0) is 9.53 Å². The van der Waals surface area contributed by atoms with Crippen LogP contribution in [0, 0.1) is 5.92 Å². The van der Waals surface area contributed by atoms with E-state index in [1.807, 2.05) is 4.90 Å². The lowest BCUT2D eigenvalue weighted by Gasteiger charge is -2.34. The van der Waals surface area contributed by atoms with Crippen molar-refractivity contribution in [3.05, 3.63) is 0 Å². The van der Waals surface area contributed by atoms with E-state index >= 15 is 0 Å². The lowest BCUT2D eigenvalue weighted by Crippen LogP contribution is -2.45. The highest BCUT2D eigenvalue weighted by Crippen LogP contribution is 2.22. The fraction of sp³-hybridized carbons (Fsp3) is 0.917. The summed E-state index contributed by atoms with van der Waals surface area (Å²) in [6.45, 7) is 2.58. The van der Waals surface area contributed by atoms with Crippen LogP contribution in [0.15, 0.2) is 0 Å². The molecule has 2 saturated heterocycles. The van der Waals surface area contributed by atoms with Gasteiger partial charge in [-0.25, -0.2) is 0 Å². The maximum atomic E-state index is 12.1. The van der Waals surface area contributed by atoms with Gasteiger partial charge in [-0.05, 0) is 38.0 Å². The van der Waals surface area contributed by atoms with E-state index in [0.717, 1.165) is 63.0 Å². The normalized spacial score (nSPS) is 28.1. The molecular weight excluding hydrogens is 270 g/mol. The molecule has 2 aliphatic heterocycles. The number of piperidine rings is 1. The van der Waals surface area contributed by atoms with Gasteiger partial charge in [-0.15, -0.1) is 0 Å². The van der Waals surface area contributed by atoms with Crippen molar-refractivity contribution in [1.82, 2.24) is 4.90 Å². The van der Waals surface area contributed by atoms with Gasteiger partial charge in [0.15, 0.2) is 0 Å². The van der Waals surface area contributed by atoms with Crippen molar-refractivity contribution in [3.63, 3.8) is 0 Å². The predicted octanol–water partition coefficient (Wildman–Crippen LogP) is 2.19. The lowest BCUT2D eigenvalue weighted by molar-refractivity contribution is -0.147. The Balaban J connectivity index is 1.81. The molecule has 0 aliphatic carbocycles. The van der Waals surface area contributed by atoms with Gasteiger partial charge >= 0.3 is 0 Å². The number of hydrogen-bond acceptors (Lipinski definition) is 2. The Bertz CT molecular complexity index is 233. The zero-order chi connectivity index (χ0) is 11.4. The Morgan fingerprint density at radius 3 is 2.56 bits per heavy atom. The van der Waals surface area contributed by atoms with Gasteiger partial charge in [0.1, 0.15) is 6.10 Å². The van der Waals surface area contributed by atoms with Crippen LogP contribution in [0.2, 0.25) is 0 Å². The minimum atomic E-state index is -0.144. The Hall–Kier alpha value is -0.0900. The van der Waals surface area contributed by atoms with Gasteiger partial charge in [-0.2, -0.15) is 0 Å². The summed E-state index contributed by atoms with van der Waals surface area (Å²) in [6.07, 6.45) is 5.27. The van der Waals surface area contributed by atoms with Crippen molar-refractivity contribution in [2.75, 3.05) is 25.0 Å².